The lowest BCUT2D eigenvalue weighted by Crippen LogP contribution is -2.24. The molecule has 0 radical (unpaired) electrons. The summed E-state index contributed by atoms with van der Waals surface area (Å²) >= 11 is 0. The van der Waals surface area contributed by atoms with E-state index in [1.807, 2.05) is 0 Å². The van der Waals surface area contributed by atoms with E-state index in [9.17, 15) is 17.6 Å². The van der Waals surface area contributed by atoms with Crippen molar-refractivity contribution in [3.05, 3.63) is 35.1 Å². The summed E-state index contributed by atoms with van der Waals surface area (Å²) in [6.45, 7) is 1.28. The third-order valence-corrected chi connectivity index (χ3v) is 2.20. The highest BCUT2D eigenvalue weighted by Crippen LogP contribution is 2.31. The van der Waals surface area contributed by atoms with Crippen molar-refractivity contribution in [2.75, 3.05) is 0 Å². The van der Waals surface area contributed by atoms with Crippen molar-refractivity contribution < 1.29 is 22.7 Å². The van der Waals surface area contributed by atoms with Gasteiger partial charge < -0.3 is 10.8 Å². The maximum Gasteiger partial charge on any atom is 0.416 e. The van der Waals surface area contributed by atoms with E-state index in [0.29, 0.717) is 18.2 Å². The summed E-state index contributed by atoms with van der Waals surface area (Å²) in [7, 11) is 0. The zero-order valence-electron chi connectivity index (χ0n) is 8.83. The van der Waals surface area contributed by atoms with Crippen LogP contribution in [0, 0.1) is 5.82 Å². The summed E-state index contributed by atoms with van der Waals surface area (Å²) in [6.07, 6.45) is -5.68. The largest absolute Gasteiger partial charge is 0.416 e. The lowest BCUT2D eigenvalue weighted by Gasteiger charge is -2.17. The van der Waals surface area contributed by atoms with Crippen LogP contribution in [0.5, 0.6) is 0 Å². The van der Waals surface area contributed by atoms with E-state index in [2.05, 4.69) is 0 Å². The average Bonchev–Trinajstić information content (AvgIpc) is 2.15. The van der Waals surface area contributed by atoms with E-state index < -0.39 is 29.7 Å². The Morgan fingerprint density at radius 3 is 2.24 bits per heavy atom. The fourth-order valence-electron chi connectivity index (χ4n) is 1.24. The molecule has 1 rings (SSSR count). The van der Waals surface area contributed by atoms with Crippen molar-refractivity contribution in [3.8, 4) is 0 Å². The number of alkyl halides is 3. The van der Waals surface area contributed by atoms with Crippen molar-refractivity contribution in [1.29, 1.82) is 0 Å². The number of aliphatic hydroxyl groups excluding tert-OH is 1. The van der Waals surface area contributed by atoms with Crippen LogP contribution in [0.15, 0.2) is 18.2 Å². The SMILES string of the molecule is C[C@@H](O)[C@@H](N)c1cc(C(F)(F)F)ccc1F.Cl. The average molecular weight is 274 g/mol. The molecule has 0 saturated carbocycles. The van der Waals surface area contributed by atoms with Crippen LogP contribution in [0.1, 0.15) is 24.1 Å². The van der Waals surface area contributed by atoms with Gasteiger partial charge in [-0.15, -0.1) is 12.4 Å². The van der Waals surface area contributed by atoms with E-state index in [0.717, 1.165) is 0 Å². The van der Waals surface area contributed by atoms with E-state index in [1.54, 1.807) is 0 Å². The second-order valence-electron chi connectivity index (χ2n) is 3.50. The van der Waals surface area contributed by atoms with Crippen LogP contribution in [-0.4, -0.2) is 11.2 Å². The standard InChI is InChI=1S/C10H11F4NO.ClH/c1-5(16)9(15)7-4-6(10(12,13)14)2-3-8(7)11;/h2-5,9,16H,15H2,1H3;1H/t5-,9-;/m1./s1. The molecule has 2 atom stereocenters. The molecule has 0 fully saturated rings. The zero-order valence-corrected chi connectivity index (χ0v) is 9.65. The number of halogens is 5. The van der Waals surface area contributed by atoms with Crippen LogP contribution in [0.2, 0.25) is 0 Å². The molecule has 2 nitrogen and oxygen atoms in total. The monoisotopic (exact) mass is 273 g/mol. The molecule has 17 heavy (non-hydrogen) atoms. The maximum absolute atomic E-state index is 13.2. The first-order valence-electron chi connectivity index (χ1n) is 4.53. The summed E-state index contributed by atoms with van der Waals surface area (Å²) in [5, 5.41) is 9.12. The second-order valence-corrected chi connectivity index (χ2v) is 3.50. The highest BCUT2D eigenvalue weighted by molar-refractivity contribution is 5.85. The topological polar surface area (TPSA) is 46.2 Å². The van der Waals surface area contributed by atoms with Gasteiger partial charge in [0.05, 0.1) is 17.7 Å². The fourth-order valence-corrected chi connectivity index (χ4v) is 1.24. The van der Waals surface area contributed by atoms with Crippen molar-refractivity contribution in [2.45, 2.75) is 25.2 Å². The number of hydrogen-bond donors (Lipinski definition) is 2. The normalized spacial score (nSPS) is 15.0. The molecule has 0 aliphatic rings. The Labute approximate surface area is 102 Å². The van der Waals surface area contributed by atoms with Gasteiger partial charge in [-0.1, -0.05) is 0 Å². The number of hydrogen-bond acceptors (Lipinski definition) is 2. The van der Waals surface area contributed by atoms with Gasteiger partial charge in [0.15, 0.2) is 0 Å². The lowest BCUT2D eigenvalue weighted by atomic mass is 10.00. The van der Waals surface area contributed by atoms with Crippen LogP contribution in [-0.2, 0) is 6.18 Å². The van der Waals surface area contributed by atoms with Crippen molar-refractivity contribution in [2.24, 2.45) is 5.73 Å². The minimum Gasteiger partial charge on any atom is -0.391 e. The van der Waals surface area contributed by atoms with E-state index in [1.165, 1.54) is 6.92 Å². The second kappa shape index (κ2) is 5.66. The summed E-state index contributed by atoms with van der Waals surface area (Å²) < 4.78 is 50.2. The Kier molecular flexibility index (Phi) is 5.38. The molecular weight excluding hydrogens is 262 g/mol. The summed E-state index contributed by atoms with van der Waals surface area (Å²) in [5.74, 6) is -0.860. The zero-order chi connectivity index (χ0) is 12.5. The quantitative estimate of drug-likeness (QED) is 0.814. The van der Waals surface area contributed by atoms with Gasteiger partial charge in [0.25, 0.3) is 0 Å². The minimum atomic E-state index is -4.55. The smallest absolute Gasteiger partial charge is 0.391 e. The van der Waals surface area contributed by atoms with Gasteiger partial charge in [0.1, 0.15) is 5.82 Å². The molecule has 0 saturated heterocycles. The van der Waals surface area contributed by atoms with Gasteiger partial charge in [-0.05, 0) is 25.1 Å². The molecule has 3 N–H and O–H groups in total. The summed E-state index contributed by atoms with van der Waals surface area (Å²) in [5.41, 5.74) is 4.06. The van der Waals surface area contributed by atoms with E-state index in [-0.39, 0.29) is 18.0 Å². The maximum atomic E-state index is 13.2. The van der Waals surface area contributed by atoms with Crippen LogP contribution in [0.3, 0.4) is 0 Å². The molecule has 0 bridgehead atoms. The minimum absolute atomic E-state index is 0. The predicted octanol–water partition coefficient (Wildman–Crippen LogP) is 2.65. The molecule has 1 aromatic rings. The first kappa shape index (κ1) is 16.1. The summed E-state index contributed by atoms with van der Waals surface area (Å²) in [4.78, 5) is 0. The predicted molar refractivity (Wildman–Crippen MR) is 57.3 cm³/mol. The van der Waals surface area contributed by atoms with Crippen LogP contribution >= 0.6 is 12.4 Å². The Morgan fingerprint density at radius 1 is 1.29 bits per heavy atom. The van der Waals surface area contributed by atoms with Crippen LogP contribution in [0.4, 0.5) is 17.6 Å². The van der Waals surface area contributed by atoms with Crippen LogP contribution in [0.25, 0.3) is 0 Å². The van der Waals surface area contributed by atoms with Gasteiger partial charge in [-0.3, -0.25) is 0 Å². The van der Waals surface area contributed by atoms with Crippen LogP contribution < -0.4 is 5.73 Å². The number of benzene rings is 1. The Morgan fingerprint density at radius 2 is 1.82 bits per heavy atom. The van der Waals surface area contributed by atoms with Crippen molar-refractivity contribution in [1.82, 2.24) is 0 Å². The van der Waals surface area contributed by atoms with E-state index in [4.69, 9.17) is 10.8 Å². The van der Waals surface area contributed by atoms with Gasteiger partial charge in [0.2, 0.25) is 0 Å². The molecule has 0 unspecified atom stereocenters. The van der Waals surface area contributed by atoms with Gasteiger partial charge >= 0.3 is 6.18 Å². The molecule has 0 heterocycles. The molecule has 7 heteroatoms. The Hall–Kier alpha value is -0.850. The number of aliphatic hydroxyl groups is 1. The molecule has 98 valence electrons. The Balaban J connectivity index is 0.00000256. The fraction of sp³-hybridized carbons (Fsp3) is 0.400. The third-order valence-electron chi connectivity index (χ3n) is 2.20. The molecule has 0 aliphatic heterocycles. The summed E-state index contributed by atoms with van der Waals surface area (Å²) in [6, 6.07) is 0.767. The number of nitrogens with two attached hydrogens (primary N) is 1. The number of rotatable bonds is 2. The molecule has 0 aliphatic carbocycles. The first-order valence-corrected chi connectivity index (χ1v) is 4.53. The highest BCUT2D eigenvalue weighted by atomic mass is 35.5. The highest BCUT2D eigenvalue weighted by Gasteiger charge is 2.32. The molecule has 1 aromatic carbocycles. The molecule has 0 aromatic heterocycles. The lowest BCUT2D eigenvalue weighted by molar-refractivity contribution is -0.137. The Bertz CT molecular complexity index is 381. The van der Waals surface area contributed by atoms with Crippen molar-refractivity contribution >= 4 is 12.4 Å². The first-order chi connectivity index (χ1) is 7.23. The van der Waals surface area contributed by atoms with E-state index >= 15 is 0 Å². The van der Waals surface area contributed by atoms with Crippen molar-refractivity contribution in [3.63, 3.8) is 0 Å². The molecular formula is C10H12ClF4NO. The van der Waals surface area contributed by atoms with Gasteiger partial charge in [-0.25, -0.2) is 4.39 Å². The molecule has 0 spiro atoms. The van der Waals surface area contributed by atoms with Gasteiger partial charge in [-0.2, -0.15) is 13.2 Å². The van der Waals surface area contributed by atoms with Gasteiger partial charge in [0, 0.05) is 5.56 Å². The third kappa shape index (κ3) is 3.83. The molecule has 0 amide bonds.